The van der Waals surface area contributed by atoms with Crippen LogP contribution in [0.5, 0.6) is 0 Å². The van der Waals surface area contributed by atoms with Crippen LogP contribution in [0.4, 0.5) is 0 Å². The standard InChI is InChI=1S/C38H28N2/c1-25-18-20-39-24-36(25)30-8-7-9-31(23-30)38-34-12-5-3-10-32(34)37(33-11-4-6-13-35(33)38)28-16-14-27(15-17-28)29-19-21-40-26(2)22-29/h3-24H,1-2H3. The summed E-state index contributed by atoms with van der Waals surface area (Å²) in [7, 11) is 0. The highest BCUT2D eigenvalue weighted by molar-refractivity contribution is 6.21. The molecule has 0 unspecified atom stereocenters. The minimum absolute atomic E-state index is 1.02. The highest BCUT2D eigenvalue weighted by atomic mass is 14.6. The second-order valence-electron chi connectivity index (χ2n) is 10.4. The lowest BCUT2D eigenvalue weighted by Gasteiger charge is -2.18. The van der Waals surface area contributed by atoms with Crippen molar-refractivity contribution >= 4 is 21.5 Å². The molecule has 0 bridgehead atoms. The van der Waals surface area contributed by atoms with Gasteiger partial charge < -0.3 is 0 Å². The molecule has 7 aromatic rings. The number of pyridine rings is 2. The van der Waals surface area contributed by atoms with Crippen LogP contribution in [-0.2, 0) is 0 Å². The molecule has 2 heteroatoms. The van der Waals surface area contributed by atoms with Gasteiger partial charge in [-0.25, -0.2) is 0 Å². The third-order valence-corrected chi connectivity index (χ3v) is 7.84. The predicted molar refractivity (Wildman–Crippen MR) is 168 cm³/mol. The van der Waals surface area contributed by atoms with Gasteiger partial charge in [-0.1, -0.05) is 91.0 Å². The maximum absolute atomic E-state index is 4.40. The van der Waals surface area contributed by atoms with Crippen LogP contribution in [0, 0.1) is 13.8 Å². The van der Waals surface area contributed by atoms with Crippen molar-refractivity contribution in [1.29, 1.82) is 0 Å². The SMILES string of the molecule is Cc1cc(-c2ccc(-c3c4ccccc4c(-c4cccc(-c5cnccc5C)c4)c4ccccc34)cc2)ccn1. The summed E-state index contributed by atoms with van der Waals surface area (Å²) in [4.78, 5) is 8.75. The van der Waals surface area contributed by atoms with Gasteiger partial charge in [0.1, 0.15) is 0 Å². The zero-order valence-corrected chi connectivity index (χ0v) is 22.6. The minimum Gasteiger partial charge on any atom is -0.264 e. The summed E-state index contributed by atoms with van der Waals surface area (Å²) in [5.41, 5.74) is 11.9. The van der Waals surface area contributed by atoms with E-state index in [4.69, 9.17) is 0 Å². The van der Waals surface area contributed by atoms with Crippen molar-refractivity contribution in [3.63, 3.8) is 0 Å². The largest absolute Gasteiger partial charge is 0.264 e. The second kappa shape index (κ2) is 9.91. The van der Waals surface area contributed by atoms with E-state index in [0.29, 0.717) is 0 Å². The first-order valence-corrected chi connectivity index (χ1v) is 13.7. The molecule has 0 N–H and O–H groups in total. The van der Waals surface area contributed by atoms with Gasteiger partial charge >= 0.3 is 0 Å². The van der Waals surface area contributed by atoms with Gasteiger partial charge in [-0.15, -0.1) is 0 Å². The first kappa shape index (κ1) is 24.0. The van der Waals surface area contributed by atoms with Gasteiger partial charge in [-0.3, -0.25) is 9.97 Å². The van der Waals surface area contributed by atoms with Crippen LogP contribution in [0.2, 0.25) is 0 Å². The lowest BCUT2D eigenvalue weighted by Crippen LogP contribution is -1.92. The van der Waals surface area contributed by atoms with Crippen molar-refractivity contribution < 1.29 is 0 Å². The third kappa shape index (κ3) is 4.15. The smallest absolute Gasteiger partial charge is 0.0378 e. The Bertz CT molecular complexity index is 1960. The first-order chi connectivity index (χ1) is 19.7. The number of nitrogens with zero attached hydrogens (tertiary/aromatic N) is 2. The number of aromatic nitrogens is 2. The molecule has 0 fully saturated rings. The van der Waals surface area contributed by atoms with Crippen LogP contribution < -0.4 is 0 Å². The Balaban J connectivity index is 1.45. The zero-order chi connectivity index (χ0) is 27.1. The van der Waals surface area contributed by atoms with E-state index in [0.717, 1.165) is 5.69 Å². The summed E-state index contributed by atoms with van der Waals surface area (Å²) < 4.78 is 0. The maximum atomic E-state index is 4.40. The van der Waals surface area contributed by atoms with E-state index in [-0.39, 0.29) is 0 Å². The molecule has 2 aromatic heterocycles. The summed E-state index contributed by atoms with van der Waals surface area (Å²) in [6.45, 7) is 4.18. The summed E-state index contributed by atoms with van der Waals surface area (Å²) in [6, 6.07) is 41.7. The van der Waals surface area contributed by atoms with E-state index < -0.39 is 0 Å². The van der Waals surface area contributed by atoms with Gasteiger partial charge in [-0.05, 0) is 104 Å². The van der Waals surface area contributed by atoms with Crippen molar-refractivity contribution in [3.8, 4) is 44.5 Å². The maximum Gasteiger partial charge on any atom is 0.0378 e. The van der Waals surface area contributed by atoms with E-state index >= 15 is 0 Å². The number of rotatable bonds is 4. The van der Waals surface area contributed by atoms with Crippen LogP contribution in [0.3, 0.4) is 0 Å². The molecule has 2 heterocycles. The molecule has 40 heavy (non-hydrogen) atoms. The highest BCUT2D eigenvalue weighted by Gasteiger charge is 2.17. The quantitative estimate of drug-likeness (QED) is 0.219. The number of hydrogen-bond donors (Lipinski definition) is 0. The van der Waals surface area contributed by atoms with Crippen LogP contribution in [-0.4, -0.2) is 9.97 Å². The topological polar surface area (TPSA) is 25.8 Å². The molecule has 0 spiro atoms. The molecule has 0 aliphatic carbocycles. The van der Waals surface area contributed by atoms with Crippen LogP contribution in [0.25, 0.3) is 66.1 Å². The summed E-state index contributed by atoms with van der Waals surface area (Å²) >= 11 is 0. The second-order valence-corrected chi connectivity index (χ2v) is 10.4. The molecule has 5 aromatic carbocycles. The number of aryl methyl sites for hydroxylation is 2. The third-order valence-electron chi connectivity index (χ3n) is 7.84. The Morgan fingerprint density at radius 1 is 0.450 bits per heavy atom. The van der Waals surface area contributed by atoms with Gasteiger partial charge in [0, 0.05) is 29.8 Å². The molecular weight excluding hydrogens is 484 g/mol. The monoisotopic (exact) mass is 512 g/mol. The normalized spacial score (nSPS) is 11.2. The van der Waals surface area contributed by atoms with E-state index in [2.05, 4.69) is 132 Å². The molecular formula is C38H28N2. The minimum atomic E-state index is 1.02. The van der Waals surface area contributed by atoms with E-state index in [1.165, 1.54) is 71.6 Å². The molecule has 0 atom stereocenters. The lowest BCUT2D eigenvalue weighted by atomic mass is 9.85. The number of hydrogen-bond acceptors (Lipinski definition) is 2. The van der Waals surface area contributed by atoms with E-state index in [9.17, 15) is 0 Å². The molecule has 7 rings (SSSR count). The van der Waals surface area contributed by atoms with Gasteiger partial charge in [-0.2, -0.15) is 0 Å². The first-order valence-electron chi connectivity index (χ1n) is 13.7. The molecule has 0 radical (unpaired) electrons. The summed E-state index contributed by atoms with van der Waals surface area (Å²) in [6.07, 6.45) is 5.70. The van der Waals surface area contributed by atoms with Crippen molar-refractivity contribution in [2.75, 3.05) is 0 Å². The fourth-order valence-electron chi connectivity index (χ4n) is 5.91. The summed E-state index contributed by atoms with van der Waals surface area (Å²) in [5.74, 6) is 0. The van der Waals surface area contributed by atoms with Crippen molar-refractivity contribution in [2.24, 2.45) is 0 Å². The predicted octanol–water partition coefficient (Wildman–Crippen LogP) is 10.1. The van der Waals surface area contributed by atoms with Crippen molar-refractivity contribution in [1.82, 2.24) is 9.97 Å². The van der Waals surface area contributed by atoms with E-state index in [1.54, 1.807) is 0 Å². The van der Waals surface area contributed by atoms with Crippen LogP contribution >= 0.6 is 0 Å². The molecule has 0 saturated heterocycles. The molecule has 0 saturated carbocycles. The summed E-state index contributed by atoms with van der Waals surface area (Å²) in [5, 5.41) is 5.02. The molecule has 0 amide bonds. The number of benzene rings is 5. The van der Waals surface area contributed by atoms with Crippen molar-refractivity contribution in [3.05, 3.63) is 145 Å². The lowest BCUT2D eigenvalue weighted by molar-refractivity contribution is 1.20. The fraction of sp³-hybridized carbons (Fsp3) is 0.0526. The van der Waals surface area contributed by atoms with Gasteiger partial charge in [0.15, 0.2) is 0 Å². The Hall–Kier alpha value is -5.08. The fourth-order valence-corrected chi connectivity index (χ4v) is 5.91. The van der Waals surface area contributed by atoms with Crippen LogP contribution in [0.1, 0.15) is 11.3 Å². The highest BCUT2D eigenvalue weighted by Crippen LogP contribution is 2.44. The Morgan fingerprint density at radius 3 is 1.68 bits per heavy atom. The van der Waals surface area contributed by atoms with Gasteiger partial charge in [0.25, 0.3) is 0 Å². The molecule has 2 nitrogen and oxygen atoms in total. The Kier molecular flexibility index (Phi) is 5.94. The average Bonchev–Trinajstić information content (AvgIpc) is 3.00. The van der Waals surface area contributed by atoms with E-state index in [1.807, 2.05) is 25.5 Å². The molecule has 0 aliphatic heterocycles. The Labute approximate surface area is 234 Å². The molecule has 190 valence electrons. The average molecular weight is 513 g/mol. The zero-order valence-electron chi connectivity index (χ0n) is 22.6. The Morgan fingerprint density at radius 2 is 1.05 bits per heavy atom. The number of fused-ring (bicyclic) bond motifs is 2. The van der Waals surface area contributed by atoms with Gasteiger partial charge in [0.05, 0.1) is 0 Å². The van der Waals surface area contributed by atoms with Crippen molar-refractivity contribution in [2.45, 2.75) is 13.8 Å². The van der Waals surface area contributed by atoms with Gasteiger partial charge in [0.2, 0.25) is 0 Å². The molecule has 0 aliphatic rings. The van der Waals surface area contributed by atoms with Crippen LogP contribution in [0.15, 0.2) is 134 Å².